The van der Waals surface area contributed by atoms with Crippen LogP contribution in [0.4, 0.5) is 0 Å². The molecule has 0 bridgehead atoms. The van der Waals surface area contributed by atoms with Gasteiger partial charge in [0.05, 0.1) is 0 Å². The summed E-state index contributed by atoms with van der Waals surface area (Å²) in [5.41, 5.74) is 8.00. The minimum Gasteiger partial charge on any atom is -0.0654 e. The number of unbranched alkanes of at least 4 members (excludes halogenated alkanes) is 9. The molecule has 2 aromatic carbocycles. The Balaban J connectivity index is 1.97. The largest absolute Gasteiger partial charge is 0.0654 e. The first-order valence-electron chi connectivity index (χ1n) is 13.6. The van der Waals surface area contributed by atoms with E-state index < -0.39 is 0 Å². The Morgan fingerprint density at radius 1 is 0.594 bits per heavy atom. The maximum atomic E-state index is 3.81. The van der Waals surface area contributed by atoms with E-state index in [1.54, 1.807) is 16.7 Å². The van der Waals surface area contributed by atoms with E-state index in [9.17, 15) is 0 Å². The SMILES string of the molecule is CCCCCCc1ccc2c(c1)C(CCCCCC)(CCCCCC)c1cc(Br)ccc1-2. The van der Waals surface area contributed by atoms with Crippen LogP contribution in [0.3, 0.4) is 0 Å². The molecule has 0 spiro atoms. The summed E-state index contributed by atoms with van der Waals surface area (Å²) in [5.74, 6) is 0. The summed E-state index contributed by atoms with van der Waals surface area (Å²) in [6.07, 6.45) is 19.9. The Labute approximate surface area is 206 Å². The lowest BCUT2D eigenvalue weighted by molar-refractivity contribution is 0.400. The van der Waals surface area contributed by atoms with Crippen molar-refractivity contribution in [3.05, 3.63) is 57.6 Å². The summed E-state index contributed by atoms with van der Waals surface area (Å²) in [7, 11) is 0. The second kappa shape index (κ2) is 13.0. The van der Waals surface area contributed by atoms with Crippen molar-refractivity contribution >= 4 is 15.9 Å². The van der Waals surface area contributed by atoms with Crippen molar-refractivity contribution in [3.63, 3.8) is 0 Å². The third-order valence-corrected chi connectivity index (χ3v) is 8.11. The van der Waals surface area contributed by atoms with E-state index in [1.165, 1.54) is 112 Å². The average molecular weight is 498 g/mol. The lowest BCUT2D eigenvalue weighted by Gasteiger charge is -2.33. The van der Waals surface area contributed by atoms with Crippen LogP contribution in [0.15, 0.2) is 40.9 Å². The monoisotopic (exact) mass is 496 g/mol. The predicted molar refractivity (Wildman–Crippen MR) is 146 cm³/mol. The summed E-state index contributed by atoms with van der Waals surface area (Å²) >= 11 is 3.81. The summed E-state index contributed by atoms with van der Waals surface area (Å²) in [6, 6.07) is 14.6. The zero-order valence-electron chi connectivity index (χ0n) is 20.9. The van der Waals surface area contributed by atoms with Crippen LogP contribution in [0, 0.1) is 0 Å². The lowest BCUT2D eigenvalue weighted by Crippen LogP contribution is -2.25. The highest BCUT2D eigenvalue weighted by Gasteiger charge is 2.42. The molecule has 0 N–H and O–H groups in total. The Kier molecular flexibility index (Phi) is 10.4. The number of aryl methyl sites for hydroxylation is 1. The number of fused-ring (bicyclic) bond motifs is 3. The van der Waals surface area contributed by atoms with Gasteiger partial charge in [0.1, 0.15) is 0 Å². The Bertz CT molecular complexity index is 822. The van der Waals surface area contributed by atoms with Crippen LogP contribution in [0.25, 0.3) is 11.1 Å². The van der Waals surface area contributed by atoms with Gasteiger partial charge in [-0.2, -0.15) is 0 Å². The molecule has 0 radical (unpaired) electrons. The van der Waals surface area contributed by atoms with E-state index in [0.717, 1.165) is 0 Å². The first-order valence-corrected chi connectivity index (χ1v) is 14.4. The van der Waals surface area contributed by atoms with Crippen molar-refractivity contribution in [2.75, 3.05) is 0 Å². The standard InChI is InChI=1S/C31H45Br/c1-4-7-10-13-16-25-17-19-27-28-20-18-26(32)24-30(28)31(29(27)23-25,21-14-11-8-5-2)22-15-12-9-6-3/h17-20,23-24H,4-16,21-22H2,1-3H3. The molecule has 0 saturated heterocycles. The van der Waals surface area contributed by atoms with Crippen molar-refractivity contribution in [2.24, 2.45) is 0 Å². The molecule has 3 rings (SSSR count). The van der Waals surface area contributed by atoms with Crippen molar-refractivity contribution in [1.82, 2.24) is 0 Å². The van der Waals surface area contributed by atoms with E-state index in [-0.39, 0.29) is 5.41 Å². The second-order valence-corrected chi connectivity index (χ2v) is 11.0. The molecule has 176 valence electrons. The summed E-state index contributed by atoms with van der Waals surface area (Å²) in [4.78, 5) is 0. The van der Waals surface area contributed by atoms with Crippen LogP contribution in [-0.2, 0) is 11.8 Å². The van der Waals surface area contributed by atoms with E-state index in [0.29, 0.717) is 0 Å². The van der Waals surface area contributed by atoms with E-state index in [2.05, 4.69) is 73.1 Å². The van der Waals surface area contributed by atoms with Gasteiger partial charge in [0.15, 0.2) is 0 Å². The molecule has 0 atom stereocenters. The third kappa shape index (κ3) is 6.07. The Hall–Kier alpha value is -1.08. The van der Waals surface area contributed by atoms with E-state index >= 15 is 0 Å². The fraction of sp³-hybridized carbons (Fsp3) is 0.613. The number of benzene rings is 2. The third-order valence-electron chi connectivity index (χ3n) is 7.62. The number of hydrogen-bond donors (Lipinski definition) is 0. The smallest absolute Gasteiger partial charge is 0.0215 e. The molecule has 0 unspecified atom stereocenters. The predicted octanol–water partition coefficient (Wildman–Crippen LogP) is 10.8. The van der Waals surface area contributed by atoms with Crippen molar-refractivity contribution < 1.29 is 0 Å². The van der Waals surface area contributed by atoms with Gasteiger partial charge < -0.3 is 0 Å². The van der Waals surface area contributed by atoms with Gasteiger partial charge in [-0.05, 0) is 65.6 Å². The molecule has 2 aromatic rings. The van der Waals surface area contributed by atoms with Gasteiger partial charge in [-0.3, -0.25) is 0 Å². The highest BCUT2D eigenvalue weighted by atomic mass is 79.9. The van der Waals surface area contributed by atoms with Gasteiger partial charge in [-0.15, -0.1) is 0 Å². The van der Waals surface area contributed by atoms with Gasteiger partial charge in [0, 0.05) is 9.89 Å². The topological polar surface area (TPSA) is 0 Å². The summed E-state index contributed by atoms with van der Waals surface area (Å²) < 4.78 is 1.23. The number of hydrogen-bond acceptors (Lipinski definition) is 0. The molecule has 32 heavy (non-hydrogen) atoms. The van der Waals surface area contributed by atoms with Gasteiger partial charge in [0.2, 0.25) is 0 Å². The van der Waals surface area contributed by atoms with E-state index in [4.69, 9.17) is 0 Å². The first-order chi connectivity index (χ1) is 15.7. The maximum Gasteiger partial charge on any atom is 0.0215 e. The molecule has 0 saturated carbocycles. The highest BCUT2D eigenvalue weighted by Crippen LogP contribution is 2.55. The van der Waals surface area contributed by atoms with Crippen molar-refractivity contribution in [2.45, 2.75) is 122 Å². The zero-order valence-corrected chi connectivity index (χ0v) is 22.5. The fourth-order valence-electron chi connectivity index (χ4n) is 5.80. The average Bonchev–Trinajstić information content (AvgIpc) is 3.06. The minimum atomic E-state index is 0.204. The molecular weight excluding hydrogens is 452 g/mol. The first kappa shape index (κ1) is 25.5. The van der Waals surface area contributed by atoms with Crippen LogP contribution < -0.4 is 0 Å². The van der Waals surface area contributed by atoms with Crippen LogP contribution in [0.5, 0.6) is 0 Å². The van der Waals surface area contributed by atoms with Crippen LogP contribution >= 0.6 is 15.9 Å². The second-order valence-electron chi connectivity index (χ2n) is 10.1. The maximum absolute atomic E-state index is 3.81. The fourth-order valence-corrected chi connectivity index (χ4v) is 6.16. The van der Waals surface area contributed by atoms with E-state index in [1.807, 2.05) is 0 Å². The molecule has 0 amide bonds. The highest BCUT2D eigenvalue weighted by molar-refractivity contribution is 9.10. The van der Waals surface area contributed by atoms with Gasteiger partial charge in [0.25, 0.3) is 0 Å². The number of halogens is 1. The molecule has 0 aromatic heterocycles. The summed E-state index contributed by atoms with van der Waals surface area (Å²) in [5, 5.41) is 0. The van der Waals surface area contributed by atoms with Crippen LogP contribution in [-0.4, -0.2) is 0 Å². The molecule has 0 fully saturated rings. The van der Waals surface area contributed by atoms with Crippen molar-refractivity contribution in [3.8, 4) is 11.1 Å². The zero-order chi connectivity index (χ0) is 22.8. The van der Waals surface area contributed by atoms with Gasteiger partial charge in [-0.1, -0.05) is 132 Å². The van der Waals surface area contributed by atoms with Crippen LogP contribution in [0.1, 0.15) is 127 Å². The molecular formula is C31H45Br. The van der Waals surface area contributed by atoms with Gasteiger partial charge >= 0.3 is 0 Å². The lowest BCUT2D eigenvalue weighted by atomic mass is 9.70. The Morgan fingerprint density at radius 2 is 1.12 bits per heavy atom. The van der Waals surface area contributed by atoms with Crippen LogP contribution in [0.2, 0.25) is 0 Å². The van der Waals surface area contributed by atoms with Crippen molar-refractivity contribution in [1.29, 1.82) is 0 Å². The molecule has 1 heteroatoms. The number of rotatable bonds is 15. The molecule has 0 aliphatic heterocycles. The minimum absolute atomic E-state index is 0.204. The quantitative estimate of drug-likeness (QED) is 0.215. The van der Waals surface area contributed by atoms with Gasteiger partial charge in [-0.25, -0.2) is 0 Å². The Morgan fingerprint density at radius 3 is 1.72 bits per heavy atom. The normalized spacial score (nSPS) is 13.9. The molecule has 0 heterocycles. The summed E-state index contributed by atoms with van der Waals surface area (Å²) in [6.45, 7) is 6.95. The molecule has 1 aliphatic carbocycles. The molecule has 0 nitrogen and oxygen atoms in total. The molecule has 1 aliphatic rings.